The number of benzene rings is 3. The van der Waals surface area contributed by atoms with Crippen LogP contribution in [0.25, 0.3) is 0 Å². The lowest BCUT2D eigenvalue weighted by atomic mass is 9.72. The number of methoxy groups -OCH3 is 1. The smallest absolute Gasteiger partial charge is 0.337 e. The number of hydrogen-bond acceptors (Lipinski definition) is 6. The number of rotatable bonds is 9. The molecule has 1 atom stereocenters. The van der Waals surface area contributed by atoms with Crippen molar-refractivity contribution < 1.29 is 24.5 Å². The summed E-state index contributed by atoms with van der Waals surface area (Å²) >= 11 is 0. The van der Waals surface area contributed by atoms with Gasteiger partial charge >= 0.3 is 5.97 Å². The van der Waals surface area contributed by atoms with Crippen LogP contribution in [-0.4, -0.2) is 60.5 Å². The standard InChI is InChI=1S/C29H33NO5/c1-34-28(32)22-9-8-14-27(19-22)35-21-26(31)20-30-17-15-25(16-18-30)29(33,23-10-4-2-5-11-23)24-12-6-3-7-13-24/h2-14,19,25-26,31,33H,15-18,20-21H2,1H3/t26-/m0/s1. The van der Waals surface area contributed by atoms with E-state index in [9.17, 15) is 15.0 Å². The van der Waals surface area contributed by atoms with Gasteiger partial charge in [0, 0.05) is 6.54 Å². The zero-order valence-corrected chi connectivity index (χ0v) is 20.0. The summed E-state index contributed by atoms with van der Waals surface area (Å²) in [4.78, 5) is 13.9. The number of likely N-dealkylation sites (tertiary alicyclic amines) is 1. The van der Waals surface area contributed by atoms with Gasteiger partial charge in [-0.15, -0.1) is 0 Å². The number of nitrogens with zero attached hydrogens (tertiary/aromatic N) is 1. The number of carbonyl (C=O) groups excluding carboxylic acids is 1. The normalized spacial score (nSPS) is 16.0. The first-order chi connectivity index (χ1) is 17.0. The average molecular weight is 476 g/mol. The van der Waals surface area contributed by atoms with Crippen LogP contribution < -0.4 is 4.74 Å². The lowest BCUT2D eigenvalue weighted by Gasteiger charge is -2.42. The van der Waals surface area contributed by atoms with E-state index in [1.54, 1.807) is 24.3 Å². The molecule has 3 aromatic carbocycles. The molecule has 35 heavy (non-hydrogen) atoms. The minimum Gasteiger partial charge on any atom is -0.491 e. The molecule has 0 bridgehead atoms. The van der Waals surface area contributed by atoms with Crippen LogP contribution in [0.15, 0.2) is 84.9 Å². The van der Waals surface area contributed by atoms with Crippen LogP contribution >= 0.6 is 0 Å². The van der Waals surface area contributed by atoms with E-state index in [0.29, 0.717) is 17.9 Å². The molecule has 1 aliphatic rings. The highest BCUT2D eigenvalue weighted by molar-refractivity contribution is 5.89. The topological polar surface area (TPSA) is 79.2 Å². The minimum absolute atomic E-state index is 0.0676. The molecule has 184 valence electrons. The van der Waals surface area contributed by atoms with Crippen LogP contribution in [0, 0.1) is 5.92 Å². The molecule has 6 nitrogen and oxygen atoms in total. The zero-order valence-electron chi connectivity index (χ0n) is 20.0. The van der Waals surface area contributed by atoms with E-state index in [2.05, 4.69) is 4.90 Å². The van der Waals surface area contributed by atoms with E-state index < -0.39 is 17.7 Å². The Morgan fingerprint density at radius 1 is 0.971 bits per heavy atom. The minimum atomic E-state index is -1.05. The van der Waals surface area contributed by atoms with Crippen molar-refractivity contribution in [1.82, 2.24) is 4.90 Å². The third-order valence-electron chi connectivity index (χ3n) is 6.77. The Balaban J connectivity index is 1.34. The summed E-state index contributed by atoms with van der Waals surface area (Å²) in [6.07, 6.45) is 0.958. The largest absolute Gasteiger partial charge is 0.491 e. The number of ether oxygens (including phenoxy) is 2. The molecule has 1 fully saturated rings. The van der Waals surface area contributed by atoms with Crippen LogP contribution in [0.1, 0.15) is 34.3 Å². The van der Waals surface area contributed by atoms with Crippen molar-refractivity contribution in [3.05, 3.63) is 102 Å². The molecule has 1 heterocycles. The summed E-state index contributed by atoms with van der Waals surface area (Å²) in [5.41, 5.74) is 1.17. The molecule has 2 N–H and O–H groups in total. The molecule has 0 amide bonds. The molecular formula is C29H33NO5. The van der Waals surface area contributed by atoms with E-state index >= 15 is 0 Å². The van der Waals surface area contributed by atoms with Crippen molar-refractivity contribution in [2.45, 2.75) is 24.5 Å². The molecular weight excluding hydrogens is 442 g/mol. The van der Waals surface area contributed by atoms with E-state index in [1.807, 2.05) is 60.7 Å². The first-order valence-electron chi connectivity index (χ1n) is 12.1. The second-order valence-corrected chi connectivity index (χ2v) is 9.06. The predicted molar refractivity (Wildman–Crippen MR) is 134 cm³/mol. The molecule has 0 spiro atoms. The summed E-state index contributed by atoms with van der Waals surface area (Å²) in [7, 11) is 1.34. The van der Waals surface area contributed by atoms with Crippen molar-refractivity contribution in [3.63, 3.8) is 0 Å². The average Bonchev–Trinajstić information content (AvgIpc) is 2.92. The lowest BCUT2D eigenvalue weighted by Crippen LogP contribution is -2.46. The number of aliphatic hydroxyl groups excluding tert-OH is 1. The van der Waals surface area contributed by atoms with E-state index in [1.165, 1.54) is 7.11 Å². The first kappa shape index (κ1) is 24.9. The molecule has 0 saturated carbocycles. The summed E-state index contributed by atoms with van der Waals surface area (Å²) in [6.45, 7) is 2.17. The van der Waals surface area contributed by atoms with Gasteiger partial charge in [-0.05, 0) is 61.2 Å². The Labute approximate surface area is 206 Å². The van der Waals surface area contributed by atoms with Crippen molar-refractivity contribution in [2.24, 2.45) is 5.92 Å². The second-order valence-electron chi connectivity index (χ2n) is 9.06. The highest BCUT2D eigenvalue weighted by Crippen LogP contribution is 2.41. The monoisotopic (exact) mass is 475 g/mol. The van der Waals surface area contributed by atoms with Crippen LogP contribution in [0.5, 0.6) is 5.75 Å². The van der Waals surface area contributed by atoms with Gasteiger partial charge in [-0.25, -0.2) is 4.79 Å². The summed E-state index contributed by atoms with van der Waals surface area (Å²) in [6, 6.07) is 26.5. The van der Waals surface area contributed by atoms with Crippen molar-refractivity contribution in [2.75, 3.05) is 33.4 Å². The Morgan fingerprint density at radius 3 is 2.14 bits per heavy atom. The summed E-state index contributed by atoms with van der Waals surface area (Å²) in [5.74, 6) is 0.157. The fourth-order valence-electron chi connectivity index (χ4n) is 4.93. The van der Waals surface area contributed by atoms with Gasteiger partial charge in [-0.3, -0.25) is 0 Å². The van der Waals surface area contributed by atoms with Gasteiger partial charge < -0.3 is 24.6 Å². The van der Waals surface area contributed by atoms with Gasteiger partial charge in [0.15, 0.2) is 0 Å². The zero-order chi connectivity index (χ0) is 24.7. The third kappa shape index (κ3) is 5.90. The molecule has 0 aromatic heterocycles. The maximum atomic E-state index is 12.0. The molecule has 1 aliphatic heterocycles. The number of carbonyl (C=O) groups is 1. The van der Waals surface area contributed by atoms with Gasteiger partial charge in [0.05, 0.1) is 12.7 Å². The SMILES string of the molecule is COC(=O)c1cccc(OC[C@@H](O)CN2CCC(C(O)(c3ccccc3)c3ccccc3)CC2)c1. The van der Waals surface area contributed by atoms with Crippen LogP contribution in [0.3, 0.4) is 0 Å². The van der Waals surface area contributed by atoms with E-state index in [0.717, 1.165) is 37.1 Å². The molecule has 3 aromatic rings. The van der Waals surface area contributed by atoms with Gasteiger partial charge in [0.1, 0.15) is 24.1 Å². The highest BCUT2D eigenvalue weighted by atomic mass is 16.5. The van der Waals surface area contributed by atoms with Crippen molar-refractivity contribution >= 4 is 5.97 Å². The van der Waals surface area contributed by atoms with Crippen LogP contribution in [0.2, 0.25) is 0 Å². The number of β-amino-alcohol motifs (C(OH)–C–C–N with tert-alkyl or cyclic N) is 1. The molecule has 6 heteroatoms. The van der Waals surface area contributed by atoms with Gasteiger partial charge in [0.25, 0.3) is 0 Å². The maximum Gasteiger partial charge on any atom is 0.337 e. The lowest BCUT2D eigenvalue weighted by molar-refractivity contribution is -0.0222. The van der Waals surface area contributed by atoms with Crippen LogP contribution in [-0.2, 0) is 10.3 Å². The predicted octanol–water partition coefficient (Wildman–Crippen LogP) is 3.86. The Bertz CT molecular complexity index is 1040. The van der Waals surface area contributed by atoms with Gasteiger partial charge in [0.2, 0.25) is 0 Å². The maximum absolute atomic E-state index is 12.0. The van der Waals surface area contributed by atoms with Gasteiger partial charge in [-0.1, -0.05) is 66.7 Å². The fraction of sp³-hybridized carbons (Fsp3) is 0.345. The molecule has 0 radical (unpaired) electrons. The summed E-state index contributed by atoms with van der Waals surface area (Å²) < 4.78 is 10.4. The van der Waals surface area contributed by atoms with E-state index in [4.69, 9.17) is 9.47 Å². The number of esters is 1. The van der Waals surface area contributed by atoms with E-state index in [-0.39, 0.29) is 12.5 Å². The number of aliphatic hydroxyl groups is 2. The highest BCUT2D eigenvalue weighted by Gasteiger charge is 2.41. The summed E-state index contributed by atoms with van der Waals surface area (Å²) in [5, 5.41) is 22.6. The quantitative estimate of drug-likeness (QED) is 0.458. The third-order valence-corrected chi connectivity index (χ3v) is 6.77. The second kappa shape index (κ2) is 11.5. The van der Waals surface area contributed by atoms with Crippen molar-refractivity contribution in [1.29, 1.82) is 0 Å². The Morgan fingerprint density at radius 2 is 1.57 bits per heavy atom. The van der Waals surface area contributed by atoms with Gasteiger partial charge in [-0.2, -0.15) is 0 Å². The molecule has 0 unspecified atom stereocenters. The number of piperidine rings is 1. The molecule has 4 rings (SSSR count). The first-order valence-corrected chi connectivity index (χ1v) is 12.1. The number of hydrogen-bond donors (Lipinski definition) is 2. The van der Waals surface area contributed by atoms with Crippen molar-refractivity contribution in [3.8, 4) is 5.75 Å². The fourth-order valence-corrected chi connectivity index (χ4v) is 4.93. The Kier molecular flexibility index (Phi) is 8.18. The van der Waals surface area contributed by atoms with Crippen LogP contribution in [0.4, 0.5) is 0 Å². The molecule has 1 saturated heterocycles. The Hall–Kier alpha value is -3.19. The molecule has 0 aliphatic carbocycles.